The molecule has 0 radical (unpaired) electrons. The summed E-state index contributed by atoms with van der Waals surface area (Å²) in [4.78, 5) is 12.8. The van der Waals surface area contributed by atoms with E-state index in [1.165, 1.54) is 6.33 Å². The molecule has 30 heavy (non-hydrogen) atoms. The molecule has 0 amide bonds. The highest BCUT2D eigenvalue weighted by molar-refractivity contribution is 5.93. The summed E-state index contributed by atoms with van der Waals surface area (Å²) in [6.07, 6.45) is 1.32. The number of anilines is 2. The van der Waals surface area contributed by atoms with Crippen molar-refractivity contribution in [3.63, 3.8) is 0 Å². The Balaban J connectivity index is 1.79. The molecule has 0 aliphatic heterocycles. The van der Waals surface area contributed by atoms with Crippen LogP contribution in [0.1, 0.15) is 29.9 Å². The summed E-state index contributed by atoms with van der Waals surface area (Å²) in [5.74, 6) is 1.27. The lowest BCUT2D eigenvalue weighted by molar-refractivity contribution is 0.730. The van der Waals surface area contributed by atoms with Gasteiger partial charge in [0.05, 0.1) is 28.7 Å². The Bertz CT molecular complexity index is 1340. The third-order valence-corrected chi connectivity index (χ3v) is 4.96. The van der Waals surface area contributed by atoms with Crippen LogP contribution in [0.2, 0.25) is 0 Å². The quantitative estimate of drug-likeness (QED) is 0.541. The zero-order chi connectivity index (χ0) is 21.3. The monoisotopic (exact) mass is 394 g/mol. The van der Waals surface area contributed by atoms with Crippen LogP contribution in [0.4, 0.5) is 11.6 Å². The lowest BCUT2D eigenvalue weighted by Gasteiger charge is -2.16. The van der Waals surface area contributed by atoms with E-state index in [9.17, 15) is 10.5 Å². The van der Waals surface area contributed by atoms with Crippen molar-refractivity contribution in [3.8, 4) is 23.3 Å². The van der Waals surface area contributed by atoms with E-state index in [4.69, 9.17) is 10.7 Å². The van der Waals surface area contributed by atoms with Crippen LogP contribution in [0.15, 0.2) is 48.8 Å². The number of nitrogen functional groups attached to an aromatic ring is 1. The Morgan fingerprint density at radius 1 is 1.10 bits per heavy atom. The number of hydrogen-bond acceptors (Lipinski definition) is 7. The number of rotatable bonds is 4. The number of nitriles is 2. The molecule has 0 aliphatic rings. The van der Waals surface area contributed by atoms with E-state index in [2.05, 4.69) is 21.4 Å². The van der Waals surface area contributed by atoms with Gasteiger partial charge in [-0.05, 0) is 30.7 Å². The zero-order valence-electron chi connectivity index (χ0n) is 16.5. The third kappa shape index (κ3) is 3.17. The number of aryl methyl sites for hydroxylation is 1. The van der Waals surface area contributed by atoms with E-state index in [0.29, 0.717) is 11.4 Å². The number of fused-ring (bicyclic) bond motifs is 1. The number of imidazole rings is 1. The van der Waals surface area contributed by atoms with Crippen LogP contribution in [-0.2, 0) is 7.05 Å². The first-order valence-electron chi connectivity index (χ1n) is 9.26. The molecule has 2 aromatic heterocycles. The summed E-state index contributed by atoms with van der Waals surface area (Å²) in [6, 6.07) is 17.4. The molecule has 0 aliphatic carbocycles. The first-order valence-corrected chi connectivity index (χ1v) is 9.26. The van der Waals surface area contributed by atoms with Crippen LogP contribution in [0.5, 0.6) is 0 Å². The van der Waals surface area contributed by atoms with Gasteiger partial charge in [0.25, 0.3) is 0 Å². The minimum Gasteiger partial charge on any atom is -0.382 e. The molecule has 4 rings (SSSR count). The smallest absolute Gasteiger partial charge is 0.150 e. The van der Waals surface area contributed by atoms with Gasteiger partial charge >= 0.3 is 0 Å². The maximum absolute atomic E-state index is 9.36. The van der Waals surface area contributed by atoms with Crippen molar-refractivity contribution in [1.82, 2.24) is 19.5 Å². The van der Waals surface area contributed by atoms with Gasteiger partial charge in [-0.1, -0.05) is 24.3 Å². The molecule has 0 saturated heterocycles. The minimum absolute atomic E-state index is 0.131. The van der Waals surface area contributed by atoms with E-state index in [-0.39, 0.29) is 17.4 Å². The highest BCUT2D eigenvalue weighted by Gasteiger charge is 2.19. The number of hydrogen-bond donors (Lipinski definition) is 2. The lowest BCUT2D eigenvalue weighted by atomic mass is 10.0. The zero-order valence-corrected chi connectivity index (χ0v) is 16.5. The van der Waals surface area contributed by atoms with Gasteiger partial charge in [0, 0.05) is 12.6 Å². The van der Waals surface area contributed by atoms with Gasteiger partial charge in [0.15, 0.2) is 0 Å². The summed E-state index contributed by atoms with van der Waals surface area (Å²) in [5, 5.41) is 21.8. The minimum atomic E-state index is -0.248. The van der Waals surface area contributed by atoms with Crippen LogP contribution >= 0.6 is 0 Å². The Labute approximate surface area is 173 Å². The molecule has 0 bridgehead atoms. The van der Waals surface area contributed by atoms with Crippen molar-refractivity contribution in [2.24, 2.45) is 7.05 Å². The average molecular weight is 394 g/mol. The highest BCUT2D eigenvalue weighted by Crippen LogP contribution is 2.31. The van der Waals surface area contributed by atoms with Gasteiger partial charge in [-0.15, -0.1) is 0 Å². The van der Waals surface area contributed by atoms with Crippen LogP contribution in [-0.4, -0.2) is 19.5 Å². The molecule has 0 fully saturated rings. The van der Waals surface area contributed by atoms with Gasteiger partial charge < -0.3 is 15.6 Å². The molecule has 4 aromatic rings. The molecular formula is C22H18N8. The first-order chi connectivity index (χ1) is 14.5. The van der Waals surface area contributed by atoms with E-state index < -0.39 is 0 Å². The maximum Gasteiger partial charge on any atom is 0.150 e. The summed E-state index contributed by atoms with van der Waals surface area (Å²) < 4.78 is 2.01. The lowest BCUT2D eigenvalue weighted by Crippen LogP contribution is -2.14. The second kappa shape index (κ2) is 7.53. The molecule has 2 heterocycles. The van der Waals surface area contributed by atoms with Crippen molar-refractivity contribution in [1.29, 1.82) is 10.5 Å². The van der Waals surface area contributed by atoms with Crippen LogP contribution in [0.3, 0.4) is 0 Å². The van der Waals surface area contributed by atoms with Crippen molar-refractivity contribution >= 4 is 22.7 Å². The number of nitrogens with two attached hydrogens (primary N) is 1. The molecule has 0 spiro atoms. The van der Waals surface area contributed by atoms with Crippen molar-refractivity contribution in [2.75, 3.05) is 11.1 Å². The Morgan fingerprint density at radius 2 is 1.90 bits per heavy atom. The maximum atomic E-state index is 9.36. The normalized spacial score (nSPS) is 11.6. The second-order valence-electron chi connectivity index (χ2n) is 6.86. The van der Waals surface area contributed by atoms with Gasteiger partial charge in [-0.25, -0.2) is 15.0 Å². The molecule has 1 atom stereocenters. The first kappa shape index (κ1) is 18.9. The largest absolute Gasteiger partial charge is 0.382 e. The molecule has 8 heteroatoms. The number of nitrogens with zero attached hydrogens (tertiary/aromatic N) is 6. The molecule has 146 valence electrons. The highest BCUT2D eigenvalue weighted by atomic mass is 15.1. The molecule has 1 unspecified atom stereocenters. The van der Waals surface area contributed by atoms with Gasteiger partial charge in [-0.2, -0.15) is 10.5 Å². The van der Waals surface area contributed by atoms with Gasteiger partial charge in [-0.3, -0.25) is 0 Å². The molecule has 3 N–H and O–H groups in total. The Hall–Kier alpha value is -4.43. The Kier molecular flexibility index (Phi) is 4.75. The summed E-state index contributed by atoms with van der Waals surface area (Å²) in [6.45, 7) is 1.94. The Morgan fingerprint density at radius 3 is 2.67 bits per heavy atom. The molecule has 2 aromatic carbocycles. The topological polar surface area (TPSA) is 129 Å². The predicted molar refractivity (Wildman–Crippen MR) is 114 cm³/mol. The van der Waals surface area contributed by atoms with E-state index in [1.54, 1.807) is 6.07 Å². The van der Waals surface area contributed by atoms with E-state index >= 15 is 0 Å². The summed E-state index contributed by atoms with van der Waals surface area (Å²) >= 11 is 0. The fourth-order valence-electron chi connectivity index (χ4n) is 3.55. The fraction of sp³-hybridized carbons (Fsp3) is 0.136. The van der Waals surface area contributed by atoms with Crippen molar-refractivity contribution in [2.45, 2.75) is 13.0 Å². The molecular weight excluding hydrogens is 376 g/mol. The summed E-state index contributed by atoms with van der Waals surface area (Å²) in [5.41, 5.74) is 10.3. The van der Waals surface area contributed by atoms with Gasteiger partial charge in [0.2, 0.25) is 0 Å². The van der Waals surface area contributed by atoms with Crippen molar-refractivity contribution in [3.05, 3.63) is 65.7 Å². The van der Waals surface area contributed by atoms with Crippen LogP contribution < -0.4 is 11.1 Å². The number of aromatic nitrogens is 4. The van der Waals surface area contributed by atoms with E-state index in [1.807, 2.05) is 61.0 Å². The number of nitrogens with one attached hydrogen (secondary N) is 1. The fourth-order valence-corrected chi connectivity index (χ4v) is 3.55. The number of para-hydroxylation sites is 1. The van der Waals surface area contributed by atoms with Gasteiger partial charge in [0.1, 0.15) is 35.4 Å². The average Bonchev–Trinajstić information content (AvgIpc) is 3.11. The molecule has 8 nitrogen and oxygen atoms in total. The predicted octanol–water partition coefficient (Wildman–Crippen LogP) is 3.53. The van der Waals surface area contributed by atoms with Crippen LogP contribution in [0, 0.1) is 22.7 Å². The second-order valence-corrected chi connectivity index (χ2v) is 6.86. The third-order valence-electron chi connectivity index (χ3n) is 4.96. The van der Waals surface area contributed by atoms with Crippen LogP contribution in [0.25, 0.3) is 22.2 Å². The summed E-state index contributed by atoms with van der Waals surface area (Å²) in [7, 11) is 1.94. The standard InChI is InChI=1S/C22H18N8/c1-13(28-21-17(11-24)20(25)26-12-27-21)22-29-18-8-4-7-16(19(18)30(22)2)15-6-3-5-14(9-15)10-23/h3-9,12-13H,1-2H3,(H3,25,26,27,28). The van der Waals surface area contributed by atoms with E-state index in [0.717, 1.165) is 28.0 Å². The molecule has 0 saturated carbocycles. The van der Waals surface area contributed by atoms with Crippen molar-refractivity contribution < 1.29 is 0 Å². The number of benzene rings is 2. The SMILES string of the molecule is CC(Nc1ncnc(N)c1C#N)c1nc2cccc(-c3cccc(C#N)c3)c2n1C.